The lowest BCUT2D eigenvalue weighted by Crippen LogP contribution is -2.40. The van der Waals surface area contributed by atoms with E-state index in [1.54, 1.807) is 7.11 Å². The minimum atomic E-state index is 0. The van der Waals surface area contributed by atoms with Crippen LogP contribution >= 0.6 is 24.0 Å². The molecule has 1 fully saturated rings. The number of aliphatic imine (C=N–C) groups is 1. The first kappa shape index (κ1) is 22.4. The highest BCUT2D eigenvalue weighted by Crippen LogP contribution is 2.16. The number of likely N-dealkylation sites (tertiary alicyclic amines) is 1. The van der Waals surface area contributed by atoms with Gasteiger partial charge in [-0.05, 0) is 26.7 Å². The molecule has 136 valence electrons. The SMILES string of the molecule is CCNC(=NCCC(=O)NC(C)CC)N1CCC(COC)C1.I. The zero-order valence-corrected chi connectivity index (χ0v) is 17.3. The summed E-state index contributed by atoms with van der Waals surface area (Å²) >= 11 is 0. The van der Waals surface area contributed by atoms with E-state index in [-0.39, 0.29) is 35.9 Å². The molecule has 0 radical (unpaired) electrons. The standard InChI is InChI=1S/C16H32N4O2.HI/c1-5-13(3)19-15(21)7-9-18-16(17-6-2)20-10-8-14(11-20)12-22-4;/h13-14H,5-12H2,1-4H3,(H,17,18)(H,19,21);1H. The molecule has 0 aliphatic carbocycles. The van der Waals surface area contributed by atoms with Crippen LogP contribution in [0.2, 0.25) is 0 Å². The first-order valence-corrected chi connectivity index (χ1v) is 8.42. The molecule has 0 spiro atoms. The number of methoxy groups -OCH3 is 1. The van der Waals surface area contributed by atoms with Gasteiger partial charge in [0.15, 0.2) is 5.96 Å². The fourth-order valence-corrected chi connectivity index (χ4v) is 2.53. The van der Waals surface area contributed by atoms with Gasteiger partial charge in [-0.25, -0.2) is 0 Å². The van der Waals surface area contributed by atoms with Gasteiger partial charge in [-0.3, -0.25) is 9.79 Å². The fourth-order valence-electron chi connectivity index (χ4n) is 2.53. The van der Waals surface area contributed by atoms with E-state index >= 15 is 0 Å². The van der Waals surface area contributed by atoms with Gasteiger partial charge in [-0.2, -0.15) is 0 Å². The van der Waals surface area contributed by atoms with Crippen LogP contribution in [0.1, 0.15) is 40.0 Å². The van der Waals surface area contributed by atoms with E-state index in [2.05, 4.69) is 34.4 Å². The Labute approximate surface area is 157 Å². The van der Waals surface area contributed by atoms with Gasteiger partial charge in [0.2, 0.25) is 5.91 Å². The summed E-state index contributed by atoms with van der Waals surface area (Å²) in [7, 11) is 1.75. The van der Waals surface area contributed by atoms with Gasteiger partial charge in [0.1, 0.15) is 0 Å². The van der Waals surface area contributed by atoms with Gasteiger partial charge >= 0.3 is 0 Å². The second-order valence-corrected chi connectivity index (χ2v) is 5.92. The summed E-state index contributed by atoms with van der Waals surface area (Å²) in [4.78, 5) is 18.6. The minimum absolute atomic E-state index is 0. The third-order valence-corrected chi connectivity index (χ3v) is 3.94. The summed E-state index contributed by atoms with van der Waals surface area (Å²) < 4.78 is 5.23. The predicted molar refractivity (Wildman–Crippen MR) is 105 cm³/mol. The van der Waals surface area contributed by atoms with Crippen molar-refractivity contribution in [1.29, 1.82) is 0 Å². The Morgan fingerprint density at radius 2 is 2.17 bits per heavy atom. The number of hydrogen-bond donors (Lipinski definition) is 2. The zero-order valence-electron chi connectivity index (χ0n) is 14.9. The molecule has 2 N–H and O–H groups in total. The molecular formula is C16H33IN4O2. The summed E-state index contributed by atoms with van der Waals surface area (Å²) in [5.74, 6) is 1.56. The molecule has 2 unspecified atom stereocenters. The van der Waals surface area contributed by atoms with Crippen molar-refractivity contribution in [3.8, 4) is 0 Å². The first-order valence-electron chi connectivity index (χ1n) is 8.42. The molecule has 1 heterocycles. The molecule has 0 bridgehead atoms. The largest absolute Gasteiger partial charge is 0.384 e. The second kappa shape index (κ2) is 12.8. The average Bonchev–Trinajstić information content (AvgIpc) is 2.95. The maximum atomic E-state index is 11.8. The molecule has 0 saturated carbocycles. The van der Waals surface area contributed by atoms with Crippen molar-refractivity contribution >= 4 is 35.8 Å². The number of ether oxygens (including phenoxy) is 1. The highest BCUT2D eigenvalue weighted by atomic mass is 127. The zero-order chi connectivity index (χ0) is 16.4. The quantitative estimate of drug-likeness (QED) is 0.344. The van der Waals surface area contributed by atoms with Crippen LogP contribution in [0.3, 0.4) is 0 Å². The normalized spacial score (nSPS) is 19.2. The van der Waals surface area contributed by atoms with Crippen molar-refractivity contribution in [3.63, 3.8) is 0 Å². The lowest BCUT2D eigenvalue weighted by atomic mass is 10.1. The molecule has 23 heavy (non-hydrogen) atoms. The van der Waals surface area contributed by atoms with Crippen molar-refractivity contribution in [2.24, 2.45) is 10.9 Å². The van der Waals surface area contributed by atoms with Crippen molar-refractivity contribution in [2.75, 3.05) is 39.9 Å². The van der Waals surface area contributed by atoms with E-state index in [9.17, 15) is 4.79 Å². The molecule has 1 aliphatic heterocycles. The maximum Gasteiger partial charge on any atom is 0.222 e. The van der Waals surface area contributed by atoms with Gasteiger partial charge in [-0.1, -0.05) is 6.92 Å². The molecule has 1 aliphatic rings. The van der Waals surface area contributed by atoms with Crippen molar-refractivity contribution < 1.29 is 9.53 Å². The highest BCUT2D eigenvalue weighted by Gasteiger charge is 2.24. The molecular weight excluding hydrogens is 407 g/mol. The molecule has 0 aromatic rings. The summed E-state index contributed by atoms with van der Waals surface area (Å²) in [6, 6.07) is 0.234. The fraction of sp³-hybridized carbons (Fsp3) is 0.875. The number of rotatable bonds is 8. The van der Waals surface area contributed by atoms with Crippen LogP contribution in [0, 0.1) is 5.92 Å². The molecule has 0 aromatic carbocycles. The highest BCUT2D eigenvalue weighted by molar-refractivity contribution is 14.0. The van der Waals surface area contributed by atoms with E-state index in [0.29, 0.717) is 18.9 Å². The van der Waals surface area contributed by atoms with Crippen LogP contribution in [0.4, 0.5) is 0 Å². The Kier molecular flexibility index (Phi) is 12.5. The Morgan fingerprint density at radius 1 is 1.43 bits per heavy atom. The Balaban J connectivity index is 0.00000484. The number of halogens is 1. The van der Waals surface area contributed by atoms with Crippen LogP contribution in [0.25, 0.3) is 0 Å². The molecule has 0 aromatic heterocycles. The average molecular weight is 440 g/mol. The number of nitrogens with zero attached hydrogens (tertiary/aromatic N) is 2. The summed E-state index contributed by atoms with van der Waals surface area (Å²) in [5, 5.41) is 6.29. The molecule has 6 nitrogen and oxygen atoms in total. The number of hydrogen-bond acceptors (Lipinski definition) is 3. The first-order chi connectivity index (χ1) is 10.6. The van der Waals surface area contributed by atoms with E-state index in [0.717, 1.165) is 45.0 Å². The van der Waals surface area contributed by atoms with E-state index in [1.165, 1.54) is 0 Å². The Morgan fingerprint density at radius 3 is 2.78 bits per heavy atom. The summed E-state index contributed by atoms with van der Waals surface area (Å²) in [6.45, 7) is 10.3. The summed E-state index contributed by atoms with van der Waals surface area (Å²) in [5.41, 5.74) is 0. The maximum absolute atomic E-state index is 11.8. The van der Waals surface area contributed by atoms with Gasteiger partial charge < -0.3 is 20.3 Å². The van der Waals surface area contributed by atoms with E-state index in [1.807, 2.05) is 6.92 Å². The van der Waals surface area contributed by atoms with Crippen LogP contribution < -0.4 is 10.6 Å². The summed E-state index contributed by atoms with van der Waals surface area (Å²) in [6.07, 6.45) is 2.52. The Hall–Kier alpha value is -0.570. The third kappa shape index (κ3) is 8.74. The second-order valence-electron chi connectivity index (χ2n) is 5.92. The molecule has 1 amide bonds. The van der Waals surface area contributed by atoms with Gasteiger partial charge in [0, 0.05) is 45.1 Å². The van der Waals surface area contributed by atoms with Crippen LogP contribution in [-0.2, 0) is 9.53 Å². The number of guanidine groups is 1. The number of carbonyl (C=O) groups excluding carboxylic acids is 1. The number of carbonyl (C=O) groups is 1. The van der Waals surface area contributed by atoms with Crippen LogP contribution in [0.5, 0.6) is 0 Å². The predicted octanol–water partition coefficient (Wildman–Crippen LogP) is 1.84. The molecule has 1 rings (SSSR count). The number of nitrogens with one attached hydrogen (secondary N) is 2. The third-order valence-electron chi connectivity index (χ3n) is 3.94. The van der Waals surface area contributed by atoms with Crippen molar-refractivity contribution in [1.82, 2.24) is 15.5 Å². The van der Waals surface area contributed by atoms with Crippen molar-refractivity contribution in [3.05, 3.63) is 0 Å². The van der Waals surface area contributed by atoms with Crippen LogP contribution in [-0.4, -0.2) is 62.7 Å². The topological polar surface area (TPSA) is 66.0 Å². The monoisotopic (exact) mass is 440 g/mol. The van der Waals surface area contributed by atoms with Crippen LogP contribution in [0.15, 0.2) is 4.99 Å². The molecule has 7 heteroatoms. The lowest BCUT2D eigenvalue weighted by molar-refractivity contribution is -0.121. The molecule has 2 atom stereocenters. The van der Waals surface area contributed by atoms with E-state index < -0.39 is 0 Å². The Bertz CT molecular complexity index is 366. The number of amides is 1. The van der Waals surface area contributed by atoms with E-state index in [4.69, 9.17) is 4.74 Å². The minimum Gasteiger partial charge on any atom is -0.384 e. The van der Waals surface area contributed by atoms with Crippen molar-refractivity contribution in [2.45, 2.75) is 46.1 Å². The van der Waals surface area contributed by atoms with Gasteiger partial charge in [0.25, 0.3) is 0 Å². The molecule has 1 saturated heterocycles. The van der Waals surface area contributed by atoms with Gasteiger partial charge in [0.05, 0.1) is 13.2 Å². The lowest BCUT2D eigenvalue weighted by Gasteiger charge is -2.21. The smallest absolute Gasteiger partial charge is 0.222 e. The van der Waals surface area contributed by atoms with Gasteiger partial charge in [-0.15, -0.1) is 24.0 Å².